The number of aryl methyl sites for hydroxylation is 1. The van der Waals surface area contributed by atoms with Gasteiger partial charge in [-0.1, -0.05) is 0 Å². The topological polar surface area (TPSA) is 31.1 Å². The van der Waals surface area contributed by atoms with Crippen LogP contribution in [0.15, 0.2) is 18.3 Å². The summed E-state index contributed by atoms with van der Waals surface area (Å²) in [6.07, 6.45) is 4.42. The summed E-state index contributed by atoms with van der Waals surface area (Å²) in [5.41, 5.74) is 1.36. The van der Waals surface area contributed by atoms with Crippen molar-refractivity contribution in [3.05, 3.63) is 24.0 Å². The molecule has 2 heterocycles. The van der Waals surface area contributed by atoms with Crippen molar-refractivity contribution in [1.82, 2.24) is 15.2 Å². The minimum atomic E-state index is 0.704. The first-order chi connectivity index (χ1) is 7.36. The Labute approximate surface area is 91.9 Å². The Balaban J connectivity index is 1.74. The second-order valence-electron chi connectivity index (χ2n) is 4.37. The van der Waals surface area contributed by atoms with Crippen LogP contribution in [0.2, 0.25) is 0 Å². The molecule has 1 aliphatic rings. The Hall–Kier alpha value is -0.800. The highest BCUT2D eigenvalue weighted by molar-refractivity contribution is 5.03. The van der Waals surface area contributed by atoms with E-state index in [0.717, 1.165) is 19.5 Å². The molecule has 1 aromatic heterocycles. The standard InChI is InChI=1S/C12H21N3/c1-11(15-9-7-13-8-10-15)4-5-12-3-2-6-14-12/h2-3,6,11,13-14H,4-5,7-10H2,1H3. The van der Waals surface area contributed by atoms with Gasteiger partial charge in [-0.05, 0) is 31.9 Å². The van der Waals surface area contributed by atoms with Crippen LogP contribution in [-0.4, -0.2) is 42.1 Å². The Morgan fingerprint density at radius 2 is 2.20 bits per heavy atom. The zero-order valence-corrected chi connectivity index (χ0v) is 9.50. The third kappa shape index (κ3) is 3.08. The van der Waals surface area contributed by atoms with Crippen molar-refractivity contribution in [2.75, 3.05) is 26.2 Å². The van der Waals surface area contributed by atoms with Crippen molar-refractivity contribution in [2.24, 2.45) is 0 Å². The monoisotopic (exact) mass is 207 g/mol. The van der Waals surface area contributed by atoms with Crippen LogP contribution in [0.3, 0.4) is 0 Å². The molecule has 0 spiro atoms. The quantitative estimate of drug-likeness (QED) is 0.778. The van der Waals surface area contributed by atoms with E-state index in [0.29, 0.717) is 6.04 Å². The van der Waals surface area contributed by atoms with E-state index in [1.54, 1.807) is 0 Å². The summed E-state index contributed by atoms with van der Waals surface area (Å²) < 4.78 is 0. The maximum Gasteiger partial charge on any atom is 0.0147 e. The van der Waals surface area contributed by atoms with Crippen LogP contribution in [0.25, 0.3) is 0 Å². The lowest BCUT2D eigenvalue weighted by Gasteiger charge is -2.32. The van der Waals surface area contributed by atoms with Crippen molar-refractivity contribution in [2.45, 2.75) is 25.8 Å². The second-order valence-corrected chi connectivity index (χ2v) is 4.37. The zero-order chi connectivity index (χ0) is 10.5. The molecule has 1 saturated heterocycles. The first-order valence-corrected chi connectivity index (χ1v) is 5.93. The maximum absolute atomic E-state index is 3.39. The van der Waals surface area contributed by atoms with Gasteiger partial charge in [-0.3, -0.25) is 4.90 Å². The molecule has 2 rings (SSSR count). The number of hydrogen-bond acceptors (Lipinski definition) is 2. The van der Waals surface area contributed by atoms with Gasteiger partial charge in [-0.2, -0.15) is 0 Å². The van der Waals surface area contributed by atoms with Gasteiger partial charge < -0.3 is 10.3 Å². The lowest BCUT2D eigenvalue weighted by atomic mass is 10.1. The molecule has 3 heteroatoms. The number of aromatic amines is 1. The van der Waals surface area contributed by atoms with Crippen LogP contribution in [0.5, 0.6) is 0 Å². The molecular formula is C12H21N3. The summed E-state index contributed by atoms with van der Waals surface area (Å²) in [7, 11) is 0. The number of nitrogens with one attached hydrogen (secondary N) is 2. The molecule has 15 heavy (non-hydrogen) atoms. The van der Waals surface area contributed by atoms with E-state index in [1.165, 1.54) is 25.2 Å². The molecule has 0 amide bonds. The van der Waals surface area contributed by atoms with Crippen molar-refractivity contribution in [1.29, 1.82) is 0 Å². The van der Waals surface area contributed by atoms with Gasteiger partial charge in [0.25, 0.3) is 0 Å². The van der Waals surface area contributed by atoms with Gasteiger partial charge in [0, 0.05) is 44.1 Å². The molecule has 0 aromatic carbocycles. The second kappa shape index (κ2) is 5.33. The third-order valence-corrected chi connectivity index (χ3v) is 3.27. The minimum absolute atomic E-state index is 0.704. The van der Waals surface area contributed by atoms with Crippen molar-refractivity contribution in [3.63, 3.8) is 0 Å². The van der Waals surface area contributed by atoms with E-state index in [1.807, 2.05) is 6.20 Å². The first kappa shape index (κ1) is 10.7. The normalized spacial score (nSPS) is 20.3. The lowest BCUT2D eigenvalue weighted by Crippen LogP contribution is -2.47. The minimum Gasteiger partial charge on any atom is -0.365 e. The fourth-order valence-corrected chi connectivity index (χ4v) is 2.19. The lowest BCUT2D eigenvalue weighted by molar-refractivity contribution is 0.176. The fraction of sp³-hybridized carbons (Fsp3) is 0.667. The van der Waals surface area contributed by atoms with Crippen LogP contribution in [0.4, 0.5) is 0 Å². The highest BCUT2D eigenvalue weighted by Crippen LogP contribution is 2.09. The summed E-state index contributed by atoms with van der Waals surface area (Å²) in [6, 6.07) is 4.95. The SMILES string of the molecule is CC(CCc1ccc[nH]1)N1CCNCC1. The summed E-state index contributed by atoms with van der Waals surface area (Å²) in [5.74, 6) is 0. The molecule has 2 N–H and O–H groups in total. The number of hydrogen-bond donors (Lipinski definition) is 2. The highest BCUT2D eigenvalue weighted by Gasteiger charge is 2.15. The highest BCUT2D eigenvalue weighted by atomic mass is 15.2. The molecule has 0 saturated carbocycles. The van der Waals surface area contributed by atoms with E-state index in [9.17, 15) is 0 Å². The predicted octanol–water partition coefficient (Wildman–Crippen LogP) is 1.24. The smallest absolute Gasteiger partial charge is 0.0147 e. The molecule has 3 nitrogen and oxygen atoms in total. The molecule has 0 aliphatic carbocycles. The van der Waals surface area contributed by atoms with Gasteiger partial charge in [-0.15, -0.1) is 0 Å². The third-order valence-electron chi connectivity index (χ3n) is 3.27. The fourth-order valence-electron chi connectivity index (χ4n) is 2.19. The molecule has 1 aromatic rings. The van der Waals surface area contributed by atoms with Crippen LogP contribution in [0.1, 0.15) is 19.0 Å². The number of H-pyrrole nitrogens is 1. The number of rotatable bonds is 4. The van der Waals surface area contributed by atoms with Crippen molar-refractivity contribution in [3.8, 4) is 0 Å². The van der Waals surface area contributed by atoms with Crippen molar-refractivity contribution < 1.29 is 0 Å². The predicted molar refractivity (Wildman–Crippen MR) is 63.0 cm³/mol. The van der Waals surface area contributed by atoms with Crippen LogP contribution >= 0.6 is 0 Å². The van der Waals surface area contributed by atoms with E-state index >= 15 is 0 Å². The maximum atomic E-state index is 3.39. The van der Waals surface area contributed by atoms with Crippen LogP contribution < -0.4 is 5.32 Å². The Morgan fingerprint density at radius 3 is 2.87 bits per heavy atom. The molecule has 0 bridgehead atoms. The molecule has 1 fully saturated rings. The average molecular weight is 207 g/mol. The summed E-state index contributed by atoms with van der Waals surface area (Å²) in [5, 5.41) is 3.39. The average Bonchev–Trinajstić information content (AvgIpc) is 2.80. The molecule has 1 unspecified atom stereocenters. The van der Waals surface area contributed by atoms with E-state index in [-0.39, 0.29) is 0 Å². The van der Waals surface area contributed by atoms with E-state index < -0.39 is 0 Å². The first-order valence-electron chi connectivity index (χ1n) is 5.93. The van der Waals surface area contributed by atoms with Gasteiger partial charge in [-0.25, -0.2) is 0 Å². The molecule has 0 radical (unpaired) electrons. The Morgan fingerprint density at radius 1 is 1.40 bits per heavy atom. The van der Waals surface area contributed by atoms with E-state index in [2.05, 4.69) is 34.3 Å². The molecule has 84 valence electrons. The van der Waals surface area contributed by atoms with Gasteiger partial charge in [0.1, 0.15) is 0 Å². The van der Waals surface area contributed by atoms with Crippen molar-refractivity contribution >= 4 is 0 Å². The van der Waals surface area contributed by atoms with Gasteiger partial charge in [0.2, 0.25) is 0 Å². The summed E-state index contributed by atoms with van der Waals surface area (Å²) in [4.78, 5) is 5.85. The summed E-state index contributed by atoms with van der Waals surface area (Å²) >= 11 is 0. The number of aromatic nitrogens is 1. The number of nitrogens with zero attached hydrogens (tertiary/aromatic N) is 1. The van der Waals surface area contributed by atoms with Gasteiger partial charge >= 0.3 is 0 Å². The molecule has 1 atom stereocenters. The van der Waals surface area contributed by atoms with Crippen LogP contribution in [0, 0.1) is 0 Å². The van der Waals surface area contributed by atoms with Crippen LogP contribution in [-0.2, 0) is 6.42 Å². The Kier molecular flexibility index (Phi) is 3.80. The zero-order valence-electron chi connectivity index (χ0n) is 9.50. The number of piperazine rings is 1. The van der Waals surface area contributed by atoms with Gasteiger partial charge in [0.15, 0.2) is 0 Å². The van der Waals surface area contributed by atoms with E-state index in [4.69, 9.17) is 0 Å². The largest absolute Gasteiger partial charge is 0.365 e. The summed E-state index contributed by atoms with van der Waals surface area (Å²) in [6.45, 7) is 7.03. The molecule has 1 aliphatic heterocycles. The Bertz CT molecular complexity index is 262. The molecular weight excluding hydrogens is 186 g/mol. The van der Waals surface area contributed by atoms with Gasteiger partial charge in [0.05, 0.1) is 0 Å².